The van der Waals surface area contributed by atoms with Crippen molar-refractivity contribution in [2.45, 2.75) is 0 Å². The molecule has 0 saturated heterocycles. The number of nitrogens with one attached hydrogen (secondary N) is 1. The van der Waals surface area contributed by atoms with E-state index < -0.39 is 0 Å². The van der Waals surface area contributed by atoms with E-state index in [0.29, 0.717) is 5.56 Å². The van der Waals surface area contributed by atoms with Crippen LogP contribution in [0.4, 0.5) is 0 Å². The van der Waals surface area contributed by atoms with Gasteiger partial charge in [0.2, 0.25) is 0 Å². The van der Waals surface area contributed by atoms with E-state index in [0.717, 1.165) is 16.4 Å². The summed E-state index contributed by atoms with van der Waals surface area (Å²) in [5.41, 5.74) is 2.57. The fraction of sp³-hybridized carbons (Fsp3) is 0.100. The van der Waals surface area contributed by atoms with Crippen LogP contribution in [0.15, 0.2) is 24.4 Å². The standard InChI is InChI=1S/C10H10BNO2/c1-14-10(13)7-2-3-8(11)6-4-5-12-9(6)7/h2-5,12H,11H2,1H3. The largest absolute Gasteiger partial charge is 0.465 e. The highest BCUT2D eigenvalue weighted by Crippen LogP contribution is 2.15. The van der Waals surface area contributed by atoms with Gasteiger partial charge >= 0.3 is 5.97 Å². The van der Waals surface area contributed by atoms with Crippen LogP contribution >= 0.6 is 0 Å². The smallest absolute Gasteiger partial charge is 0.339 e. The maximum Gasteiger partial charge on any atom is 0.339 e. The van der Waals surface area contributed by atoms with E-state index in [2.05, 4.69) is 4.98 Å². The first-order valence-electron chi connectivity index (χ1n) is 4.39. The first-order valence-corrected chi connectivity index (χ1v) is 4.39. The van der Waals surface area contributed by atoms with Crippen LogP contribution in [0, 0.1) is 0 Å². The number of H-pyrrole nitrogens is 1. The van der Waals surface area contributed by atoms with Crippen LogP contribution < -0.4 is 5.46 Å². The van der Waals surface area contributed by atoms with Crippen LogP contribution in [-0.4, -0.2) is 25.9 Å². The zero-order valence-corrected chi connectivity index (χ0v) is 8.13. The van der Waals surface area contributed by atoms with Crippen molar-refractivity contribution in [3.8, 4) is 0 Å². The van der Waals surface area contributed by atoms with Crippen molar-refractivity contribution in [2.75, 3.05) is 7.11 Å². The second-order valence-electron chi connectivity index (χ2n) is 3.19. The number of fused-ring (bicyclic) bond motifs is 1. The van der Waals surface area contributed by atoms with Gasteiger partial charge in [0.1, 0.15) is 7.85 Å². The lowest BCUT2D eigenvalue weighted by molar-refractivity contribution is 0.0603. The summed E-state index contributed by atoms with van der Waals surface area (Å²) >= 11 is 0. The minimum absolute atomic E-state index is 0.308. The lowest BCUT2D eigenvalue weighted by Crippen LogP contribution is -2.08. The predicted molar refractivity (Wildman–Crippen MR) is 57.8 cm³/mol. The van der Waals surface area contributed by atoms with Crippen molar-refractivity contribution < 1.29 is 9.53 Å². The van der Waals surface area contributed by atoms with Crippen LogP contribution in [0.25, 0.3) is 10.9 Å². The molecule has 1 N–H and O–H groups in total. The van der Waals surface area contributed by atoms with E-state index in [-0.39, 0.29) is 5.97 Å². The van der Waals surface area contributed by atoms with E-state index in [1.807, 2.05) is 26.2 Å². The Morgan fingerprint density at radius 2 is 2.21 bits per heavy atom. The van der Waals surface area contributed by atoms with Crippen molar-refractivity contribution in [3.05, 3.63) is 30.0 Å². The summed E-state index contributed by atoms with van der Waals surface area (Å²) in [5.74, 6) is -0.308. The average molecular weight is 187 g/mol. The summed E-state index contributed by atoms with van der Waals surface area (Å²) in [6.45, 7) is 0. The molecule has 3 nitrogen and oxygen atoms in total. The Morgan fingerprint density at radius 3 is 2.93 bits per heavy atom. The highest BCUT2D eigenvalue weighted by molar-refractivity contribution is 6.39. The second kappa shape index (κ2) is 3.22. The first kappa shape index (κ1) is 8.87. The molecule has 2 rings (SSSR count). The summed E-state index contributed by atoms with van der Waals surface area (Å²) < 4.78 is 4.69. The van der Waals surface area contributed by atoms with Crippen molar-refractivity contribution in [3.63, 3.8) is 0 Å². The number of aromatic nitrogens is 1. The lowest BCUT2D eigenvalue weighted by Gasteiger charge is -2.02. The third-order valence-corrected chi connectivity index (χ3v) is 2.35. The molecule has 1 aromatic heterocycles. The Labute approximate surface area is 82.5 Å². The summed E-state index contributed by atoms with van der Waals surface area (Å²) in [5, 5.41) is 1.06. The number of methoxy groups -OCH3 is 1. The number of rotatable bonds is 1. The van der Waals surface area contributed by atoms with Crippen LogP contribution in [0.2, 0.25) is 0 Å². The number of aromatic amines is 1. The molecular weight excluding hydrogens is 177 g/mol. The molecule has 0 atom stereocenters. The predicted octanol–water partition coefficient (Wildman–Crippen LogP) is 0.213. The van der Waals surface area contributed by atoms with E-state index in [4.69, 9.17) is 4.74 Å². The van der Waals surface area contributed by atoms with Crippen molar-refractivity contribution in [1.29, 1.82) is 0 Å². The van der Waals surface area contributed by atoms with Gasteiger partial charge < -0.3 is 9.72 Å². The molecule has 0 saturated carbocycles. The SMILES string of the molecule is Bc1ccc(C(=O)OC)c2[nH]ccc12. The van der Waals surface area contributed by atoms with E-state index in [9.17, 15) is 4.79 Å². The Hall–Kier alpha value is -1.71. The molecule has 70 valence electrons. The van der Waals surface area contributed by atoms with Gasteiger partial charge in [-0.15, -0.1) is 0 Å². The molecule has 1 aromatic carbocycles. The second-order valence-corrected chi connectivity index (χ2v) is 3.19. The molecule has 0 radical (unpaired) electrons. The number of carbonyl (C=O) groups excluding carboxylic acids is 1. The minimum Gasteiger partial charge on any atom is -0.465 e. The fourth-order valence-electron chi connectivity index (χ4n) is 1.58. The van der Waals surface area contributed by atoms with Crippen molar-refractivity contribution in [2.24, 2.45) is 0 Å². The summed E-state index contributed by atoms with van der Waals surface area (Å²) in [4.78, 5) is 14.4. The molecule has 0 unspecified atom stereocenters. The summed E-state index contributed by atoms with van der Waals surface area (Å²) in [7, 11) is 3.40. The van der Waals surface area contributed by atoms with Crippen LogP contribution in [0.3, 0.4) is 0 Å². The maximum absolute atomic E-state index is 11.4. The number of hydrogen-bond donors (Lipinski definition) is 1. The molecule has 4 heteroatoms. The molecule has 0 aliphatic heterocycles. The fourth-order valence-corrected chi connectivity index (χ4v) is 1.58. The molecule has 0 fully saturated rings. The van der Waals surface area contributed by atoms with Crippen molar-refractivity contribution in [1.82, 2.24) is 4.98 Å². The molecule has 14 heavy (non-hydrogen) atoms. The van der Waals surface area contributed by atoms with E-state index in [1.54, 1.807) is 6.07 Å². The van der Waals surface area contributed by atoms with Gasteiger partial charge in [0.05, 0.1) is 18.2 Å². The third-order valence-electron chi connectivity index (χ3n) is 2.35. The van der Waals surface area contributed by atoms with Gasteiger partial charge in [-0.25, -0.2) is 4.79 Å². The highest BCUT2D eigenvalue weighted by Gasteiger charge is 2.11. The molecule has 0 amide bonds. The van der Waals surface area contributed by atoms with Gasteiger partial charge in [0.15, 0.2) is 0 Å². The van der Waals surface area contributed by atoms with Crippen LogP contribution in [-0.2, 0) is 4.74 Å². The third kappa shape index (κ3) is 1.19. The van der Waals surface area contributed by atoms with Gasteiger partial charge in [0, 0.05) is 6.20 Å². The molecule has 1 heterocycles. The van der Waals surface area contributed by atoms with Crippen molar-refractivity contribution >= 4 is 30.2 Å². The first-order chi connectivity index (χ1) is 6.74. The zero-order chi connectivity index (χ0) is 10.1. The minimum atomic E-state index is -0.308. The number of benzene rings is 1. The molecule has 0 aliphatic carbocycles. The number of ether oxygens (including phenoxy) is 1. The van der Waals surface area contributed by atoms with Crippen LogP contribution in [0.5, 0.6) is 0 Å². The zero-order valence-electron chi connectivity index (χ0n) is 8.13. The van der Waals surface area contributed by atoms with Gasteiger partial charge in [-0.05, 0) is 17.5 Å². The summed E-state index contributed by atoms with van der Waals surface area (Å²) in [6, 6.07) is 5.65. The van der Waals surface area contributed by atoms with Gasteiger partial charge in [-0.3, -0.25) is 0 Å². The van der Waals surface area contributed by atoms with Gasteiger partial charge in [0.25, 0.3) is 0 Å². The molecule has 2 aromatic rings. The van der Waals surface area contributed by atoms with E-state index >= 15 is 0 Å². The average Bonchev–Trinajstić information content (AvgIpc) is 2.67. The Kier molecular flexibility index (Phi) is 2.04. The molecule has 0 aliphatic rings. The number of esters is 1. The molecular formula is C10H10BNO2. The van der Waals surface area contributed by atoms with E-state index in [1.165, 1.54) is 7.11 Å². The Balaban J connectivity index is 2.72. The topological polar surface area (TPSA) is 42.1 Å². The highest BCUT2D eigenvalue weighted by atomic mass is 16.5. The Morgan fingerprint density at radius 1 is 1.43 bits per heavy atom. The number of hydrogen-bond acceptors (Lipinski definition) is 2. The monoisotopic (exact) mass is 187 g/mol. The maximum atomic E-state index is 11.4. The quantitative estimate of drug-likeness (QED) is 0.512. The normalized spacial score (nSPS) is 10.4. The lowest BCUT2D eigenvalue weighted by atomic mass is 9.91. The molecule has 0 bridgehead atoms. The molecule has 0 spiro atoms. The van der Waals surface area contributed by atoms with Crippen LogP contribution in [0.1, 0.15) is 10.4 Å². The summed E-state index contributed by atoms with van der Waals surface area (Å²) in [6.07, 6.45) is 1.82. The number of carbonyl (C=O) groups is 1. The van der Waals surface area contributed by atoms with Gasteiger partial charge in [-0.1, -0.05) is 11.5 Å². The Bertz CT molecular complexity index is 490. The van der Waals surface area contributed by atoms with Gasteiger partial charge in [-0.2, -0.15) is 0 Å².